The second kappa shape index (κ2) is 5.85. The Hall–Kier alpha value is -0.860. The third-order valence-electron chi connectivity index (χ3n) is 4.52. The molecule has 1 fully saturated rings. The molecule has 1 aromatic rings. The second-order valence-corrected chi connectivity index (χ2v) is 5.84. The van der Waals surface area contributed by atoms with E-state index in [4.69, 9.17) is 5.84 Å². The van der Waals surface area contributed by atoms with Crippen molar-refractivity contribution in [1.29, 1.82) is 0 Å². The predicted molar refractivity (Wildman–Crippen MR) is 77.3 cm³/mol. The molecule has 1 unspecified atom stereocenters. The van der Waals surface area contributed by atoms with Crippen molar-refractivity contribution in [3.63, 3.8) is 0 Å². The van der Waals surface area contributed by atoms with E-state index >= 15 is 0 Å². The van der Waals surface area contributed by atoms with Crippen LogP contribution < -0.4 is 11.3 Å². The highest BCUT2D eigenvalue weighted by molar-refractivity contribution is 5.38. The van der Waals surface area contributed by atoms with Gasteiger partial charge in [0.2, 0.25) is 0 Å². The highest BCUT2D eigenvalue weighted by atomic mass is 15.2. The van der Waals surface area contributed by atoms with Crippen LogP contribution in [0.5, 0.6) is 0 Å². The summed E-state index contributed by atoms with van der Waals surface area (Å²) in [5, 5.41) is 0. The van der Waals surface area contributed by atoms with E-state index in [0.717, 1.165) is 0 Å². The minimum absolute atomic E-state index is 0.324. The Bertz CT molecular complexity index is 406. The van der Waals surface area contributed by atoms with Crippen LogP contribution in [0.15, 0.2) is 12.1 Å². The quantitative estimate of drug-likeness (QED) is 0.630. The van der Waals surface area contributed by atoms with Crippen LogP contribution in [0.4, 0.5) is 0 Å². The molecule has 0 aliphatic heterocycles. The maximum atomic E-state index is 5.84. The lowest BCUT2D eigenvalue weighted by molar-refractivity contribution is 0.273. The summed E-state index contributed by atoms with van der Waals surface area (Å²) in [4.78, 5) is 0. The topological polar surface area (TPSA) is 38.0 Å². The van der Waals surface area contributed by atoms with Gasteiger partial charge in [0.15, 0.2) is 0 Å². The first-order valence-electron chi connectivity index (χ1n) is 7.17. The van der Waals surface area contributed by atoms with E-state index in [1.807, 2.05) is 0 Å². The summed E-state index contributed by atoms with van der Waals surface area (Å²) in [5.41, 5.74) is 8.58. The van der Waals surface area contributed by atoms with Gasteiger partial charge in [-0.1, -0.05) is 31.4 Å². The summed E-state index contributed by atoms with van der Waals surface area (Å²) in [6, 6.07) is 4.94. The molecule has 2 rings (SSSR count). The van der Waals surface area contributed by atoms with Gasteiger partial charge in [0, 0.05) is 6.04 Å². The van der Waals surface area contributed by atoms with E-state index in [1.165, 1.54) is 54.4 Å². The number of hydrazine groups is 1. The Labute approximate surface area is 111 Å². The van der Waals surface area contributed by atoms with Crippen LogP contribution in [0, 0.1) is 26.7 Å². The highest BCUT2D eigenvalue weighted by Crippen LogP contribution is 2.35. The molecule has 2 heteroatoms. The van der Waals surface area contributed by atoms with Gasteiger partial charge in [0.05, 0.1) is 0 Å². The first-order valence-corrected chi connectivity index (χ1v) is 7.17. The van der Waals surface area contributed by atoms with Gasteiger partial charge in [-0.3, -0.25) is 11.3 Å². The number of hydrogen-bond donors (Lipinski definition) is 2. The number of hydrogen-bond acceptors (Lipinski definition) is 2. The summed E-state index contributed by atoms with van der Waals surface area (Å²) >= 11 is 0. The summed E-state index contributed by atoms with van der Waals surface area (Å²) in [6.07, 6.45) is 6.71. The van der Waals surface area contributed by atoms with E-state index in [9.17, 15) is 0 Å². The third-order valence-corrected chi connectivity index (χ3v) is 4.52. The first-order chi connectivity index (χ1) is 8.63. The largest absolute Gasteiger partial charge is 0.271 e. The fraction of sp³-hybridized carbons (Fsp3) is 0.625. The second-order valence-electron chi connectivity index (χ2n) is 5.84. The molecule has 0 spiro atoms. The number of aryl methyl sites for hydroxylation is 3. The molecule has 0 heterocycles. The van der Waals surface area contributed by atoms with Gasteiger partial charge in [-0.2, -0.15) is 0 Å². The van der Waals surface area contributed by atoms with E-state index in [2.05, 4.69) is 38.3 Å². The monoisotopic (exact) mass is 246 g/mol. The Balaban J connectivity index is 2.28. The molecule has 0 amide bonds. The predicted octanol–water partition coefficient (Wildman–Crippen LogP) is 3.70. The zero-order chi connectivity index (χ0) is 13.1. The summed E-state index contributed by atoms with van der Waals surface area (Å²) in [7, 11) is 0. The van der Waals surface area contributed by atoms with Crippen molar-refractivity contribution in [3.8, 4) is 0 Å². The van der Waals surface area contributed by atoms with E-state index in [0.29, 0.717) is 12.0 Å². The molecule has 1 saturated carbocycles. The van der Waals surface area contributed by atoms with E-state index < -0.39 is 0 Å². The lowest BCUT2D eigenvalue weighted by Gasteiger charge is -2.31. The van der Waals surface area contributed by atoms with Gasteiger partial charge in [0.25, 0.3) is 0 Å². The van der Waals surface area contributed by atoms with Gasteiger partial charge in [-0.25, -0.2) is 0 Å². The van der Waals surface area contributed by atoms with Crippen molar-refractivity contribution in [1.82, 2.24) is 5.43 Å². The van der Waals surface area contributed by atoms with E-state index in [1.54, 1.807) is 0 Å². The smallest absolute Gasteiger partial charge is 0.0490 e. The molecule has 0 aromatic heterocycles. The number of benzene rings is 1. The molecule has 1 atom stereocenters. The van der Waals surface area contributed by atoms with E-state index in [-0.39, 0.29) is 0 Å². The van der Waals surface area contributed by atoms with Gasteiger partial charge >= 0.3 is 0 Å². The Morgan fingerprint density at radius 1 is 1.00 bits per heavy atom. The number of rotatable bonds is 3. The lowest BCUT2D eigenvalue weighted by atomic mass is 9.80. The average molecular weight is 246 g/mol. The maximum Gasteiger partial charge on any atom is 0.0490 e. The molecule has 3 N–H and O–H groups in total. The molecule has 0 bridgehead atoms. The van der Waals surface area contributed by atoms with Crippen LogP contribution in [-0.2, 0) is 0 Å². The zero-order valence-electron chi connectivity index (χ0n) is 11.9. The average Bonchev–Trinajstić information content (AvgIpc) is 2.38. The summed E-state index contributed by atoms with van der Waals surface area (Å²) < 4.78 is 0. The molecular formula is C16H26N2. The van der Waals surface area contributed by atoms with Gasteiger partial charge < -0.3 is 0 Å². The number of nitrogens with one attached hydrogen (secondary N) is 1. The van der Waals surface area contributed by atoms with Crippen molar-refractivity contribution >= 4 is 0 Å². The van der Waals surface area contributed by atoms with Crippen LogP contribution in [0.1, 0.15) is 60.4 Å². The third kappa shape index (κ3) is 2.76. The van der Waals surface area contributed by atoms with Gasteiger partial charge in [-0.15, -0.1) is 0 Å². The fourth-order valence-corrected chi connectivity index (χ4v) is 3.27. The van der Waals surface area contributed by atoms with Crippen LogP contribution in [0.3, 0.4) is 0 Å². The van der Waals surface area contributed by atoms with Gasteiger partial charge in [-0.05, 0) is 61.8 Å². The van der Waals surface area contributed by atoms with Crippen molar-refractivity contribution in [2.45, 2.75) is 58.9 Å². The molecule has 1 aliphatic carbocycles. The van der Waals surface area contributed by atoms with Crippen LogP contribution in [0.2, 0.25) is 0 Å². The Morgan fingerprint density at radius 3 is 2.22 bits per heavy atom. The van der Waals surface area contributed by atoms with Crippen molar-refractivity contribution in [2.24, 2.45) is 11.8 Å². The number of nitrogens with two attached hydrogens (primary N) is 1. The SMILES string of the molecule is Cc1cc(C)c(C(NN)C2CCCCC2)cc1C. The molecule has 1 aliphatic rings. The molecule has 18 heavy (non-hydrogen) atoms. The first kappa shape index (κ1) is 13.6. The Kier molecular flexibility index (Phi) is 4.41. The normalized spacial score (nSPS) is 18.9. The molecule has 2 nitrogen and oxygen atoms in total. The van der Waals surface area contributed by atoms with Crippen LogP contribution in [0.25, 0.3) is 0 Å². The maximum absolute atomic E-state index is 5.84. The Morgan fingerprint density at radius 2 is 1.61 bits per heavy atom. The summed E-state index contributed by atoms with van der Waals surface area (Å²) in [6.45, 7) is 6.57. The molecule has 0 saturated heterocycles. The van der Waals surface area contributed by atoms with Gasteiger partial charge in [0.1, 0.15) is 0 Å². The fourth-order valence-electron chi connectivity index (χ4n) is 3.27. The molecule has 1 aromatic carbocycles. The minimum atomic E-state index is 0.324. The highest BCUT2D eigenvalue weighted by Gasteiger charge is 2.25. The summed E-state index contributed by atoms with van der Waals surface area (Å²) in [5.74, 6) is 6.54. The zero-order valence-corrected chi connectivity index (χ0v) is 11.9. The standard InChI is InChI=1S/C16H26N2/c1-11-9-13(3)15(10-12(11)2)16(18-17)14-7-5-4-6-8-14/h9-10,14,16,18H,4-8,17H2,1-3H3. The molecule has 0 radical (unpaired) electrons. The van der Waals surface area contributed by atoms with Crippen LogP contribution >= 0.6 is 0 Å². The lowest BCUT2D eigenvalue weighted by Crippen LogP contribution is -2.35. The van der Waals surface area contributed by atoms with Crippen LogP contribution in [-0.4, -0.2) is 0 Å². The minimum Gasteiger partial charge on any atom is -0.271 e. The van der Waals surface area contributed by atoms with Crippen molar-refractivity contribution in [3.05, 3.63) is 34.4 Å². The molecule has 100 valence electrons. The molecular weight excluding hydrogens is 220 g/mol. The van der Waals surface area contributed by atoms with Crippen molar-refractivity contribution < 1.29 is 0 Å². The van der Waals surface area contributed by atoms with Crippen molar-refractivity contribution in [2.75, 3.05) is 0 Å².